The summed E-state index contributed by atoms with van der Waals surface area (Å²) in [6, 6.07) is 1.29. The molecule has 0 aromatic carbocycles. The molecule has 2 aliphatic rings. The number of nitrogens with zero attached hydrogens (tertiary/aromatic N) is 3. The number of piperidine rings is 1. The van der Waals surface area contributed by atoms with Gasteiger partial charge in [0.15, 0.2) is 5.96 Å². The van der Waals surface area contributed by atoms with E-state index in [1.54, 1.807) is 0 Å². The molecule has 6 heteroatoms. The largest absolute Gasteiger partial charge is 0.379 e. The van der Waals surface area contributed by atoms with Crippen LogP contribution in [0.5, 0.6) is 0 Å². The molecule has 0 aliphatic carbocycles. The van der Waals surface area contributed by atoms with Gasteiger partial charge < -0.3 is 15.4 Å². The van der Waals surface area contributed by atoms with Crippen molar-refractivity contribution < 1.29 is 4.74 Å². The summed E-state index contributed by atoms with van der Waals surface area (Å²) in [5.41, 5.74) is 0. The van der Waals surface area contributed by atoms with E-state index in [4.69, 9.17) is 4.74 Å². The quantitative estimate of drug-likeness (QED) is 0.506. The Bertz CT molecular complexity index is 409. The summed E-state index contributed by atoms with van der Waals surface area (Å²) >= 11 is 0. The van der Waals surface area contributed by atoms with E-state index in [1.807, 2.05) is 7.05 Å². The molecular formula is C20H41N5O. The molecule has 6 nitrogen and oxygen atoms in total. The molecule has 2 unspecified atom stereocenters. The minimum atomic E-state index is 0.518. The van der Waals surface area contributed by atoms with Crippen molar-refractivity contribution >= 4 is 5.96 Å². The lowest BCUT2D eigenvalue weighted by Crippen LogP contribution is -2.53. The summed E-state index contributed by atoms with van der Waals surface area (Å²) in [5.74, 6) is 1.53. The molecule has 152 valence electrons. The van der Waals surface area contributed by atoms with Gasteiger partial charge in [-0.25, -0.2) is 0 Å². The SMILES string of the molecule is CCC1CCCCN1CCNC(=NC)NCC(C(C)C)N1CCOCC1. The van der Waals surface area contributed by atoms with Crippen LogP contribution in [-0.2, 0) is 4.74 Å². The Balaban J connectivity index is 1.73. The monoisotopic (exact) mass is 367 g/mol. The average molecular weight is 368 g/mol. The number of guanidine groups is 1. The number of nitrogens with one attached hydrogen (secondary N) is 2. The highest BCUT2D eigenvalue weighted by Gasteiger charge is 2.24. The fraction of sp³-hybridized carbons (Fsp3) is 0.950. The van der Waals surface area contributed by atoms with Crippen LogP contribution in [0.2, 0.25) is 0 Å². The van der Waals surface area contributed by atoms with Gasteiger partial charge in [0, 0.05) is 51.9 Å². The first-order valence-corrected chi connectivity index (χ1v) is 10.7. The highest BCUT2D eigenvalue weighted by molar-refractivity contribution is 5.79. The first-order chi connectivity index (χ1) is 12.7. The molecule has 0 bridgehead atoms. The molecule has 26 heavy (non-hydrogen) atoms. The van der Waals surface area contributed by atoms with Crippen molar-refractivity contribution in [2.45, 2.75) is 58.5 Å². The van der Waals surface area contributed by atoms with Crippen molar-refractivity contribution in [1.29, 1.82) is 0 Å². The normalized spacial score (nSPS) is 24.7. The van der Waals surface area contributed by atoms with E-state index in [9.17, 15) is 0 Å². The summed E-state index contributed by atoms with van der Waals surface area (Å²) in [6.45, 7) is 14.9. The van der Waals surface area contributed by atoms with E-state index < -0.39 is 0 Å². The first-order valence-electron chi connectivity index (χ1n) is 10.7. The molecule has 0 saturated carbocycles. The second-order valence-electron chi connectivity index (χ2n) is 7.93. The number of hydrogen-bond donors (Lipinski definition) is 2. The molecule has 2 fully saturated rings. The van der Waals surface area contributed by atoms with E-state index in [2.05, 4.69) is 46.2 Å². The van der Waals surface area contributed by atoms with Crippen LogP contribution in [0.1, 0.15) is 46.5 Å². The highest BCUT2D eigenvalue weighted by atomic mass is 16.5. The van der Waals surface area contributed by atoms with Gasteiger partial charge in [-0.3, -0.25) is 14.8 Å². The van der Waals surface area contributed by atoms with E-state index >= 15 is 0 Å². The van der Waals surface area contributed by atoms with Crippen LogP contribution in [0.25, 0.3) is 0 Å². The number of hydrogen-bond acceptors (Lipinski definition) is 4. The molecule has 0 spiro atoms. The van der Waals surface area contributed by atoms with Gasteiger partial charge in [0.1, 0.15) is 0 Å². The van der Waals surface area contributed by atoms with Gasteiger partial charge in [-0.2, -0.15) is 0 Å². The molecule has 0 amide bonds. The molecule has 0 aromatic rings. The van der Waals surface area contributed by atoms with Crippen molar-refractivity contribution in [3.8, 4) is 0 Å². The van der Waals surface area contributed by atoms with Crippen LogP contribution in [-0.4, -0.2) is 87.4 Å². The van der Waals surface area contributed by atoms with Crippen molar-refractivity contribution in [2.24, 2.45) is 10.9 Å². The summed E-state index contributed by atoms with van der Waals surface area (Å²) < 4.78 is 5.50. The number of morpholine rings is 1. The Kier molecular flexibility index (Phi) is 9.72. The number of ether oxygens (including phenoxy) is 1. The first kappa shape index (κ1) is 21.5. The van der Waals surface area contributed by atoms with Gasteiger partial charge in [0.05, 0.1) is 13.2 Å². The molecule has 2 aliphatic heterocycles. The van der Waals surface area contributed by atoms with Gasteiger partial charge in [-0.1, -0.05) is 27.2 Å². The van der Waals surface area contributed by atoms with Crippen molar-refractivity contribution in [3.05, 3.63) is 0 Å². The fourth-order valence-electron chi connectivity index (χ4n) is 4.25. The van der Waals surface area contributed by atoms with Crippen LogP contribution in [0, 0.1) is 5.92 Å². The lowest BCUT2D eigenvalue weighted by atomic mass is 10.0. The lowest BCUT2D eigenvalue weighted by molar-refractivity contribution is 0.00752. The Morgan fingerprint density at radius 1 is 1.15 bits per heavy atom. The molecule has 0 radical (unpaired) electrons. The van der Waals surface area contributed by atoms with E-state index in [0.29, 0.717) is 12.0 Å². The summed E-state index contributed by atoms with van der Waals surface area (Å²) in [6.07, 6.45) is 5.37. The van der Waals surface area contributed by atoms with Crippen LogP contribution in [0.4, 0.5) is 0 Å². The van der Waals surface area contributed by atoms with Crippen LogP contribution < -0.4 is 10.6 Å². The van der Waals surface area contributed by atoms with Crippen LogP contribution >= 0.6 is 0 Å². The van der Waals surface area contributed by atoms with Crippen LogP contribution in [0.3, 0.4) is 0 Å². The van der Waals surface area contributed by atoms with Gasteiger partial charge in [-0.05, 0) is 31.7 Å². The Hall–Kier alpha value is -0.850. The second kappa shape index (κ2) is 11.8. The maximum absolute atomic E-state index is 5.50. The van der Waals surface area contributed by atoms with Crippen molar-refractivity contribution in [2.75, 3.05) is 59.5 Å². The Morgan fingerprint density at radius 2 is 1.92 bits per heavy atom. The Labute approximate surface area is 160 Å². The fourth-order valence-corrected chi connectivity index (χ4v) is 4.25. The summed E-state index contributed by atoms with van der Waals surface area (Å²) in [5, 5.41) is 7.06. The molecular weight excluding hydrogens is 326 g/mol. The highest BCUT2D eigenvalue weighted by Crippen LogP contribution is 2.18. The third-order valence-electron chi connectivity index (χ3n) is 5.90. The topological polar surface area (TPSA) is 52.1 Å². The van der Waals surface area contributed by atoms with Gasteiger partial charge in [0.2, 0.25) is 0 Å². The van der Waals surface area contributed by atoms with Crippen molar-refractivity contribution in [3.63, 3.8) is 0 Å². The van der Waals surface area contributed by atoms with E-state index in [1.165, 1.54) is 32.2 Å². The predicted octanol–water partition coefficient (Wildman–Crippen LogP) is 1.77. The molecule has 2 rings (SSSR count). The molecule has 0 aromatic heterocycles. The zero-order valence-electron chi connectivity index (χ0n) is 17.5. The van der Waals surface area contributed by atoms with Crippen molar-refractivity contribution in [1.82, 2.24) is 20.4 Å². The predicted molar refractivity (Wildman–Crippen MR) is 110 cm³/mol. The van der Waals surface area contributed by atoms with Gasteiger partial charge in [0.25, 0.3) is 0 Å². The number of likely N-dealkylation sites (tertiary alicyclic amines) is 1. The molecule has 2 N–H and O–H groups in total. The third-order valence-corrected chi connectivity index (χ3v) is 5.90. The smallest absolute Gasteiger partial charge is 0.191 e. The minimum Gasteiger partial charge on any atom is -0.379 e. The third kappa shape index (κ3) is 6.71. The van der Waals surface area contributed by atoms with Crippen LogP contribution in [0.15, 0.2) is 4.99 Å². The number of rotatable bonds is 8. The molecule has 2 heterocycles. The second-order valence-corrected chi connectivity index (χ2v) is 7.93. The molecule has 2 saturated heterocycles. The van der Waals surface area contributed by atoms with Gasteiger partial charge >= 0.3 is 0 Å². The standard InChI is InChI=1S/C20H41N5O/c1-5-18-8-6-7-10-24(18)11-9-22-20(21-4)23-16-19(17(2)3)25-12-14-26-15-13-25/h17-19H,5-16H2,1-4H3,(H2,21,22,23). The average Bonchev–Trinajstić information content (AvgIpc) is 2.67. The summed E-state index contributed by atoms with van der Waals surface area (Å²) in [4.78, 5) is 9.62. The zero-order chi connectivity index (χ0) is 18.8. The van der Waals surface area contributed by atoms with Gasteiger partial charge in [-0.15, -0.1) is 0 Å². The minimum absolute atomic E-state index is 0.518. The maximum atomic E-state index is 5.50. The summed E-state index contributed by atoms with van der Waals surface area (Å²) in [7, 11) is 1.87. The van der Waals surface area contributed by atoms with E-state index in [0.717, 1.165) is 57.9 Å². The lowest BCUT2D eigenvalue weighted by Gasteiger charge is -2.37. The van der Waals surface area contributed by atoms with E-state index in [-0.39, 0.29) is 0 Å². The zero-order valence-corrected chi connectivity index (χ0v) is 17.5. The Morgan fingerprint density at radius 3 is 2.58 bits per heavy atom. The number of aliphatic imine (C=N–C) groups is 1. The maximum Gasteiger partial charge on any atom is 0.191 e. The molecule has 2 atom stereocenters.